The van der Waals surface area contributed by atoms with Crippen molar-refractivity contribution in [3.05, 3.63) is 122 Å². The lowest BCUT2D eigenvalue weighted by Gasteiger charge is -2.18. The molecule has 0 aliphatic heterocycles. The highest BCUT2D eigenvalue weighted by Gasteiger charge is 2.19. The summed E-state index contributed by atoms with van der Waals surface area (Å²) in [5.41, 5.74) is 0. The van der Waals surface area contributed by atoms with Crippen LogP contribution in [0.25, 0.3) is 0 Å². The zero-order valence-electron chi connectivity index (χ0n) is 53.0. The number of carbonyl (C=O) groups excluding carboxylic acids is 3. The number of unbranched alkanes of at least 4 members (excludes halogenated alkanes) is 30. The molecule has 1 atom stereocenters. The van der Waals surface area contributed by atoms with Gasteiger partial charge in [0.15, 0.2) is 6.10 Å². The van der Waals surface area contributed by atoms with Gasteiger partial charge in [-0.2, -0.15) is 0 Å². The van der Waals surface area contributed by atoms with Gasteiger partial charge in [0.2, 0.25) is 0 Å². The molecule has 0 rings (SSSR count). The van der Waals surface area contributed by atoms with E-state index in [-0.39, 0.29) is 31.1 Å². The fourth-order valence-electron chi connectivity index (χ4n) is 9.40. The van der Waals surface area contributed by atoms with Crippen molar-refractivity contribution in [3.8, 4) is 0 Å². The highest BCUT2D eigenvalue weighted by Crippen LogP contribution is 2.16. The average molecular weight is 1120 g/mol. The van der Waals surface area contributed by atoms with Crippen molar-refractivity contribution in [2.24, 2.45) is 0 Å². The maximum absolute atomic E-state index is 12.9. The van der Waals surface area contributed by atoms with Gasteiger partial charge in [-0.05, 0) is 128 Å². The molecule has 1 unspecified atom stereocenters. The Balaban J connectivity index is 4.33. The van der Waals surface area contributed by atoms with E-state index in [1.54, 1.807) is 0 Å². The molecule has 0 aromatic heterocycles. The molecular weight excluding hydrogens is 997 g/mol. The quantitative estimate of drug-likeness (QED) is 0.0261. The van der Waals surface area contributed by atoms with Crippen LogP contribution in [0.3, 0.4) is 0 Å². The number of esters is 3. The lowest BCUT2D eigenvalue weighted by molar-refractivity contribution is -0.167. The molecule has 81 heavy (non-hydrogen) atoms. The molecule has 0 amide bonds. The highest BCUT2D eigenvalue weighted by molar-refractivity contribution is 5.71. The first-order chi connectivity index (χ1) is 40.0. The van der Waals surface area contributed by atoms with Crippen LogP contribution in [0.1, 0.15) is 316 Å². The van der Waals surface area contributed by atoms with Crippen LogP contribution in [0.2, 0.25) is 0 Å². The molecule has 0 aliphatic carbocycles. The fourth-order valence-corrected chi connectivity index (χ4v) is 9.40. The van der Waals surface area contributed by atoms with Gasteiger partial charge in [0.25, 0.3) is 0 Å². The monoisotopic (exact) mass is 1120 g/mol. The van der Waals surface area contributed by atoms with Crippen LogP contribution in [0.5, 0.6) is 0 Å². The molecule has 6 nitrogen and oxygen atoms in total. The number of carbonyl (C=O) groups is 3. The Morgan fingerprint density at radius 1 is 0.259 bits per heavy atom. The number of ether oxygens (including phenoxy) is 3. The topological polar surface area (TPSA) is 78.9 Å². The molecule has 6 heteroatoms. The van der Waals surface area contributed by atoms with Gasteiger partial charge >= 0.3 is 17.9 Å². The minimum Gasteiger partial charge on any atom is -0.462 e. The fraction of sp³-hybridized carbons (Fsp3) is 0.693. The third kappa shape index (κ3) is 66.5. The molecule has 462 valence electrons. The first-order valence-electron chi connectivity index (χ1n) is 34.0. The number of hydrogen-bond acceptors (Lipinski definition) is 6. The van der Waals surface area contributed by atoms with Crippen LogP contribution in [0.4, 0.5) is 0 Å². The van der Waals surface area contributed by atoms with E-state index in [2.05, 4.69) is 142 Å². The first-order valence-corrected chi connectivity index (χ1v) is 34.0. The molecule has 0 bridgehead atoms. The van der Waals surface area contributed by atoms with Gasteiger partial charge in [-0.15, -0.1) is 0 Å². The third-order valence-electron chi connectivity index (χ3n) is 14.4. The SMILES string of the molecule is CC/C=C\C/C=C\C/C=C\C/C=C\C/C=C\CCCCCCCCCCCCCCCC(=O)OCC(COC(=O)CCCCCCCCC/C=C\CCCCCCCC)OC(=O)CCCCCC/C=C\C/C=C\C/C=C\C/C=C\CC. The van der Waals surface area contributed by atoms with E-state index in [4.69, 9.17) is 14.2 Å². The Morgan fingerprint density at radius 2 is 0.481 bits per heavy atom. The van der Waals surface area contributed by atoms with E-state index >= 15 is 0 Å². The summed E-state index contributed by atoms with van der Waals surface area (Å²) in [6, 6.07) is 0. The van der Waals surface area contributed by atoms with Gasteiger partial charge < -0.3 is 14.2 Å². The number of allylic oxidation sites excluding steroid dienone is 20. The van der Waals surface area contributed by atoms with Crippen LogP contribution in [-0.2, 0) is 28.6 Å². The lowest BCUT2D eigenvalue weighted by atomic mass is 10.0. The smallest absolute Gasteiger partial charge is 0.306 e. The largest absolute Gasteiger partial charge is 0.462 e. The molecule has 0 saturated carbocycles. The summed E-state index contributed by atoms with van der Waals surface area (Å²) in [5.74, 6) is -0.911. The van der Waals surface area contributed by atoms with Crippen LogP contribution >= 0.6 is 0 Å². The average Bonchev–Trinajstić information content (AvgIpc) is 3.47. The van der Waals surface area contributed by atoms with Gasteiger partial charge in [0, 0.05) is 19.3 Å². The molecule has 0 spiro atoms. The van der Waals surface area contributed by atoms with E-state index in [0.717, 1.165) is 128 Å². The van der Waals surface area contributed by atoms with Crippen molar-refractivity contribution in [2.45, 2.75) is 322 Å². The normalized spacial score (nSPS) is 12.9. The summed E-state index contributed by atoms with van der Waals surface area (Å²) in [6.45, 7) is 6.41. The van der Waals surface area contributed by atoms with Crippen molar-refractivity contribution >= 4 is 17.9 Å². The second kappa shape index (κ2) is 68.3. The molecule has 0 radical (unpaired) electrons. The van der Waals surface area contributed by atoms with Crippen LogP contribution in [-0.4, -0.2) is 37.2 Å². The zero-order chi connectivity index (χ0) is 58.5. The van der Waals surface area contributed by atoms with Gasteiger partial charge in [-0.3, -0.25) is 14.4 Å². The van der Waals surface area contributed by atoms with Gasteiger partial charge in [0.05, 0.1) is 0 Å². The van der Waals surface area contributed by atoms with Crippen LogP contribution in [0, 0.1) is 0 Å². The summed E-state index contributed by atoms with van der Waals surface area (Å²) >= 11 is 0. The molecule has 0 fully saturated rings. The van der Waals surface area contributed by atoms with Crippen LogP contribution < -0.4 is 0 Å². The lowest BCUT2D eigenvalue weighted by Crippen LogP contribution is -2.30. The van der Waals surface area contributed by atoms with Gasteiger partial charge in [0.1, 0.15) is 13.2 Å². The van der Waals surface area contributed by atoms with Crippen molar-refractivity contribution in [3.63, 3.8) is 0 Å². The molecule has 0 N–H and O–H groups in total. The van der Waals surface area contributed by atoms with Crippen LogP contribution in [0.15, 0.2) is 122 Å². The number of rotatable bonds is 61. The van der Waals surface area contributed by atoms with E-state index in [0.29, 0.717) is 19.3 Å². The molecule has 0 heterocycles. The minimum absolute atomic E-state index is 0.0905. The summed E-state index contributed by atoms with van der Waals surface area (Å²) in [6.07, 6.45) is 95.0. The molecule has 0 aromatic carbocycles. The van der Waals surface area contributed by atoms with E-state index in [1.807, 2.05) is 0 Å². The Labute approximate surface area is 501 Å². The predicted molar refractivity (Wildman–Crippen MR) is 353 cm³/mol. The van der Waals surface area contributed by atoms with E-state index < -0.39 is 6.10 Å². The van der Waals surface area contributed by atoms with Crippen molar-refractivity contribution in [1.29, 1.82) is 0 Å². The molecule has 0 aromatic rings. The molecular formula is C75H126O6. The maximum atomic E-state index is 12.9. The van der Waals surface area contributed by atoms with Gasteiger partial charge in [-0.1, -0.05) is 290 Å². The second-order valence-electron chi connectivity index (χ2n) is 22.3. The standard InChI is InChI=1S/C75H126O6/c1-4-7-10-13-16-19-22-25-28-31-32-33-34-35-36-37-38-39-40-41-42-45-47-50-53-56-59-62-65-68-74(77)80-71-72(81-75(78)69-66-63-60-57-54-51-48-44-30-27-24-21-18-15-12-9-6-3)70-79-73(76)67-64-61-58-55-52-49-46-43-29-26-23-20-17-14-11-8-5-2/h7,9-10,12,16,18-19,21,25-30,32-33,35-36,48,51,72H,4-6,8,11,13-15,17,20,22-24,31,34,37-47,49-50,52-71H2,1-3H3/b10-7-,12-9-,19-16-,21-18-,28-25-,29-26-,30-27-,33-32-,36-35-,51-48-. The minimum atomic E-state index is -0.797. The van der Waals surface area contributed by atoms with Crippen molar-refractivity contribution in [2.75, 3.05) is 13.2 Å². The predicted octanol–water partition coefficient (Wildman–Crippen LogP) is 23.6. The molecule has 0 aliphatic rings. The number of hydrogen-bond donors (Lipinski definition) is 0. The maximum Gasteiger partial charge on any atom is 0.306 e. The Bertz CT molecular complexity index is 1670. The highest BCUT2D eigenvalue weighted by atomic mass is 16.6. The summed E-state index contributed by atoms with van der Waals surface area (Å²) < 4.78 is 16.9. The van der Waals surface area contributed by atoms with E-state index in [9.17, 15) is 14.4 Å². The summed E-state index contributed by atoms with van der Waals surface area (Å²) in [4.78, 5) is 38.4. The van der Waals surface area contributed by atoms with Crippen molar-refractivity contribution < 1.29 is 28.6 Å². The third-order valence-corrected chi connectivity index (χ3v) is 14.4. The van der Waals surface area contributed by atoms with Crippen molar-refractivity contribution in [1.82, 2.24) is 0 Å². The Morgan fingerprint density at radius 3 is 0.765 bits per heavy atom. The van der Waals surface area contributed by atoms with Gasteiger partial charge in [-0.25, -0.2) is 0 Å². The summed E-state index contributed by atoms with van der Waals surface area (Å²) in [5, 5.41) is 0. The second-order valence-corrected chi connectivity index (χ2v) is 22.3. The molecule has 0 saturated heterocycles. The Kier molecular flexibility index (Phi) is 64.8. The summed E-state index contributed by atoms with van der Waals surface area (Å²) in [7, 11) is 0. The van der Waals surface area contributed by atoms with E-state index in [1.165, 1.54) is 148 Å². The first kappa shape index (κ1) is 76.8. The zero-order valence-corrected chi connectivity index (χ0v) is 53.0. The Hall–Kier alpha value is -4.19.